The number of rotatable bonds is 7. The van der Waals surface area contributed by atoms with Crippen molar-refractivity contribution in [3.63, 3.8) is 0 Å². The first-order valence-electron chi connectivity index (χ1n) is 12.2. The van der Waals surface area contributed by atoms with E-state index in [1.165, 1.54) is 18.9 Å². The number of carbonyl (C=O) groups is 3. The Bertz CT molecular complexity index is 1470. The van der Waals surface area contributed by atoms with Gasteiger partial charge in [0.25, 0.3) is 11.8 Å². The number of anilines is 1. The molecule has 0 aliphatic carbocycles. The maximum atomic E-state index is 13.7. The van der Waals surface area contributed by atoms with Crippen LogP contribution < -0.4 is 20.5 Å². The molecule has 0 saturated carbocycles. The highest BCUT2D eigenvalue weighted by Gasteiger charge is 2.41. The first-order chi connectivity index (χ1) is 17.7. The van der Waals surface area contributed by atoms with Gasteiger partial charge in [-0.1, -0.05) is 26.0 Å². The van der Waals surface area contributed by atoms with E-state index in [4.69, 9.17) is 15.2 Å². The van der Waals surface area contributed by atoms with Crippen LogP contribution in [-0.4, -0.2) is 47.4 Å². The molecule has 3 amide bonds. The number of nitrogens with two attached hydrogens (primary N) is 1. The van der Waals surface area contributed by atoms with E-state index in [0.717, 1.165) is 34.3 Å². The summed E-state index contributed by atoms with van der Waals surface area (Å²) in [6, 6.07) is 11.5. The van der Waals surface area contributed by atoms with Gasteiger partial charge in [0.2, 0.25) is 5.91 Å². The fraction of sp³-hybridized carbons (Fsp3) is 0.321. The highest BCUT2D eigenvalue weighted by atomic mass is 16.5. The summed E-state index contributed by atoms with van der Waals surface area (Å²) in [6.07, 6.45) is 2.12. The molecule has 3 aromatic rings. The summed E-state index contributed by atoms with van der Waals surface area (Å²) in [5.41, 5.74) is 10.2. The molecular formula is C28H30N4O5. The number of primary amides is 1. The lowest BCUT2D eigenvalue weighted by molar-refractivity contribution is -0.139. The van der Waals surface area contributed by atoms with Gasteiger partial charge in [-0.05, 0) is 41.3 Å². The number of hydrogen-bond donors (Lipinski definition) is 2. The van der Waals surface area contributed by atoms with Crippen molar-refractivity contribution in [1.29, 1.82) is 0 Å². The molecular weight excluding hydrogens is 472 g/mol. The Kier molecular flexibility index (Phi) is 6.15. The fourth-order valence-electron chi connectivity index (χ4n) is 5.30. The predicted octanol–water partition coefficient (Wildman–Crippen LogP) is 3.37. The van der Waals surface area contributed by atoms with E-state index >= 15 is 0 Å². The quantitative estimate of drug-likeness (QED) is 0.512. The zero-order valence-corrected chi connectivity index (χ0v) is 21.3. The standard InChI is InChI=1S/C28H30N4O5/c1-15(2)11-31-12-18-25(17-8-9-22(23(10-17)36-4)37-14-24(29)34)27-20(13-32(16(3)33)28(27)35)30-19-6-5-7-21(31)26(18)19/h5-10,12,15,25,30H,11,13-14H2,1-4H3,(H2,29,34)/t25-/m0/s1. The summed E-state index contributed by atoms with van der Waals surface area (Å²) in [7, 11) is 1.51. The van der Waals surface area contributed by atoms with Gasteiger partial charge in [-0.2, -0.15) is 0 Å². The number of aromatic nitrogens is 1. The molecule has 2 aliphatic rings. The monoisotopic (exact) mass is 502 g/mol. The van der Waals surface area contributed by atoms with Crippen LogP contribution in [0.3, 0.4) is 0 Å². The number of imide groups is 1. The van der Waals surface area contributed by atoms with Crippen molar-refractivity contribution >= 4 is 34.3 Å². The second-order valence-electron chi connectivity index (χ2n) is 9.86. The smallest absolute Gasteiger partial charge is 0.259 e. The van der Waals surface area contributed by atoms with Crippen molar-refractivity contribution in [2.45, 2.75) is 33.2 Å². The van der Waals surface area contributed by atoms with Gasteiger partial charge in [0.05, 0.1) is 24.7 Å². The van der Waals surface area contributed by atoms with Gasteiger partial charge in [0, 0.05) is 42.4 Å². The van der Waals surface area contributed by atoms with E-state index in [2.05, 4.69) is 36.0 Å². The van der Waals surface area contributed by atoms with Crippen molar-refractivity contribution in [2.75, 3.05) is 25.6 Å². The van der Waals surface area contributed by atoms with Gasteiger partial charge in [-0.15, -0.1) is 0 Å². The van der Waals surface area contributed by atoms with E-state index in [-0.39, 0.29) is 25.0 Å². The van der Waals surface area contributed by atoms with Crippen LogP contribution in [0.2, 0.25) is 0 Å². The number of methoxy groups -OCH3 is 1. The van der Waals surface area contributed by atoms with E-state index in [1.807, 2.05) is 24.3 Å². The van der Waals surface area contributed by atoms with Crippen molar-refractivity contribution in [3.05, 3.63) is 65.0 Å². The third-order valence-electron chi connectivity index (χ3n) is 6.77. The Balaban J connectivity index is 1.73. The molecule has 0 unspecified atom stereocenters. The van der Waals surface area contributed by atoms with Crippen LogP contribution >= 0.6 is 0 Å². The van der Waals surface area contributed by atoms with E-state index in [9.17, 15) is 14.4 Å². The number of nitrogens with one attached hydrogen (secondary N) is 1. The third kappa shape index (κ3) is 4.20. The van der Waals surface area contributed by atoms with Crippen LogP contribution in [0.1, 0.15) is 37.8 Å². The van der Waals surface area contributed by atoms with E-state index in [0.29, 0.717) is 28.7 Å². The molecule has 192 valence electrons. The third-order valence-corrected chi connectivity index (χ3v) is 6.77. The zero-order valence-electron chi connectivity index (χ0n) is 21.3. The summed E-state index contributed by atoms with van der Waals surface area (Å²) in [6.45, 7) is 6.45. The molecule has 1 aromatic heterocycles. The van der Waals surface area contributed by atoms with Crippen LogP contribution in [-0.2, 0) is 20.9 Å². The lowest BCUT2D eigenvalue weighted by Gasteiger charge is -2.21. The molecule has 0 bridgehead atoms. The summed E-state index contributed by atoms with van der Waals surface area (Å²) in [5.74, 6) is -0.470. The van der Waals surface area contributed by atoms with Crippen LogP contribution in [0.15, 0.2) is 53.9 Å². The van der Waals surface area contributed by atoms with Crippen LogP contribution in [0.4, 0.5) is 5.69 Å². The zero-order chi connectivity index (χ0) is 26.4. The number of ether oxygens (including phenoxy) is 2. The van der Waals surface area contributed by atoms with Gasteiger partial charge in [-0.3, -0.25) is 19.3 Å². The van der Waals surface area contributed by atoms with E-state index < -0.39 is 11.8 Å². The van der Waals surface area contributed by atoms with Gasteiger partial charge < -0.3 is 25.1 Å². The molecule has 0 fully saturated rings. The minimum absolute atomic E-state index is 0.184. The summed E-state index contributed by atoms with van der Waals surface area (Å²) in [4.78, 5) is 38.5. The van der Waals surface area contributed by atoms with Gasteiger partial charge in [-0.25, -0.2) is 0 Å². The normalized spacial score (nSPS) is 16.6. The lowest BCUT2D eigenvalue weighted by Crippen LogP contribution is -2.33. The van der Waals surface area contributed by atoms with Crippen LogP contribution in [0.5, 0.6) is 11.5 Å². The molecule has 9 heteroatoms. The fourth-order valence-corrected chi connectivity index (χ4v) is 5.30. The lowest BCUT2D eigenvalue weighted by atomic mass is 9.84. The Hall–Kier alpha value is -4.27. The average molecular weight is 503 g/mol. The molecule has 2 aromatic carbocycles. The molecule has 5 rings (SSSR count). The minimum atomic E-state index is -0.595. The first-order valence-corrected chi connectivity index (χ1v) is 12.2. The highest BCUT2D eigenvalue weighted by Crippen LogP contribution is 2.47. The Morgan fingerprint density at radius 3 is 2.65 bits per heavy atom. The van der Waals surface area contributed by atoms with Crippen molar-refractivity contribution in [2.24, 2.45) is 11.7 Å². The Labute approximate surface area is 214 Å². The number of carbonyl (C=O) groups excluding carboxylic acids is 3. The predicted molar refractivity (Wildman–Crippen MR) is 139 cm³/mol. The highest BCUT2D eigenvalue weighted by molar-refractivity contribution is 6.11. The van der Waals surface area contributed by atoms with Gasteiger partial charge >= 0.3 is 0 Å². The summed E-state index contributed by atoms with van der Waals surface area (Å²) < 4.78 is 13.3. The summed E-state index contributed by atoms with van der Waals surface area (Å²) in [5, 5.41) is 4.52. The molecule has 2 aliphatic heterocycles. The number of amides is 3. The van der Waals surface area contributed by atoms with Crippen molar-refractivity contribution in [3.8, 4) is 11.5 Å². The van der Waals surface area contributed by atoms with Crippen molar-refractivity contribution < 1.29 is 23.9 Å². The van der Waals surface area contributed by atoms with Crippen molar-refractivity contribution in [1.82, 2.24) is 9.47 Å². The second-order valence-corrected chi connectivity index (χ2v) is 9.86. The average Bonchev–Trinajstić information content (AvgIpc) is 3.32. The van der Waals surface area contributed by atoms with Crippen LogP contribution in [0.25, 0.3) is 10.9 Å². The second kappa shape index (κ2) is 9.31. The molecule has 0 spiro atoms. The molecule has 3 heterocycles. The number of hydrogen-bond acceptors (Lipinski definition) is 6. The Morgan fingerprint density at radius 2 is 1.97 bits per heavy atom. The van der Waals surface area contributed by atoms with E-state index in [1.54, 1.807) is 6.07 Å². The minimum Gasteiger partial charge on any atom is -0.493 e. The van der Waals surface area contributed by atoms with Gasteiger partial charge in [0.1, 0.15) is 0 Å². The molecule has 3 N–H and O–H groups in total. The Morgan fingerprint density at radius 1 is 1.19 bits per heavy atom. The number of benzene rings is 2. The molecule has 0 saturated heterocycles. The molecule has 1 atom stereocenters. The van der Waals surface area contributed by atoms with Crippen LogP contribution in [0, 0.1) is 5.92 Å². The molecule has 0 radical (unpaired) electrons. The number of nitrogens with zero attached hydrogens (tertiary/aromatic N) is 2. The first kappa shape index (κ1) is 24.4. The maximum Gasteiger partial charge on any atom is 0.259 e. The topological polar surface area (TPSA) is 116 Å². The molecule has 9 nitrogen and oxygen atoms in total. The SMILES string of the molecule is COc1cc([C@@H]2C3=C(CN(C(C)=O)C3=O)Nc3cccc4c3c2cn4CC(C)C)ccc1OCC(N)=O. The largest absolute Gasteiger partial charge is 0.493 e. The summed E-state index contributed by atoms with van der Waals surface area (Å²) >= 11 is 0. The maximum absolute atomic E-state index is 13.7. The molecule has 37 heavy (non-hydrogen) atoms. The van der Waals surface area contributed by atoms with Gasteiger partial charge in [0.15, 0.2) is 18.1 Å².